The van der Waals surface area contributed by atoms with Crippen molar-refractivity contribution >= 4 is 17.6 Å². The molecule has 0 radical (unpaired) electrons. The Labute approximate surface area is 209 Å². The zero-order valence-electron chi connectivity index (χ0n) is 19.9. The number of phenolic OH excluding ortho intramolecular Hbond substituents is 1. The molecule has 0 aliphatic carbocycles. The molecule has 0 bridgehead atoms. The predicted octanol–water partition coefficient (Wildman–Crippen LogP) is 4.57. The van der Waals surface area contributed by atoms with Gasteiger partial charge in [0.05, 0.1) is 31.1 Å². The molecule has 0 saturated carbocycles. The predicted molar refractivity (Wildman–Crippen MR) is 124 cm³/mol. The Morgan fingerprint density at radius 3 is 2.54 bits per heavy atom. The number of amides is 1. The largest absolute Gasteiger partial charge is 0.508 e. The first-order valence-electron chi connectivity index (χ1n) is 11.0. The first kappa shape index (κ1) is 25.7. The maximum atomic E-state index is 14.3. The van der Waals surface area contributed by atoms with Crippen LogP contribution in [0.4, 0.5) is 18.9 Å². The van der Waals surface area contributed by atoms with Gasteiger partial charge in [0.2, 0.25) is 5.88 Å². The molecule has 2 aromatic carbocycles. The maximum Gasteiger partial charge on any atom is 0.396 e. The van der Waals surface area contributed by atoms with Crippen molar-refractivity contribution in [1.82, 2.24) is 9.97 Å². The van der Waals surface area contributed by atoms with Crippen molar-refractivity contribution in [2.75, 3.05) is 25.7 Å². The van der Waals surface area contributed by atoms with Gasteiger partial charge >= 0.3 is 12.1 Å². The minimum Gasteiger partial charge on any atom is -0.508 e. The Balaban J connectivity index is 1.60. The third kappa shape index (κ3) is 5.27. The summed E-state index contributed by atoms with van der Waals surface area (Å²) in [7, 11) is 2.67. The van der Waals surface area contributed by atoms with Crippen molar-refractivity contribution in [3.05, 3.63) is 65.6 Å². The van der Waals surface area contributed by atoms with E-state index < -0.39 is 29.7 Å². The van der Waals surface area contributed by atoms with Crippen molar-refractivity contribution in [2.24, 2.45) is 0 Å². The quantitative estimate of drug-likeness (QED) is 0.474. The van der Waals surface area contributed by atoms with E-state index in [-0.39, 0.29) is 46.7 Å². The van der Waals surface area contributed by atoms with Gasteiger partial charge in [-0.05, 0) is 29.3 Å². The highest BCUT2D eigenvalue weighted by Crippen LogP contribution is 2.48. The zero-order chi connectivity index (χ0) is 26.9. The number of halogens is 3. The van der Waals surface area contributed by atoms with Crippen molar-refractivity contribution in [2.45, 2.75) is 24.9 Å². The number of phenols is 1. The summed E-state index contributed by atoms with van der Waals surface area (Å²) in [6.45, 7) is 1.17. The van der Waals surface area contributed by atoms with Crippen molar-refractivity contribution < 1.29 is 42.1 Å². The molecule has 0 fully saturated rings. The molecule has 1 N–H and O–H groups in total. The summed E-state index contributed by atoms with van der Waals surface area (Å²) in [6.07, 6.45) is -2.36. The van der Waals surface area contributed by atoms with Crippen LogP contribution in [0.2, 0.25) is 0 Å². The number of carbonyl (C=O) groups is 2. The molecule has 0 saturated heterocycles. The van der Waals surface area contributed by atoms with Gasteiger partial charge in [-0.1, -0.05) is 19.1 Å². The fraction of sp³-hybridized carbons (Fsp3) is 0.280. The summed E-state index contributed by atoms with van der Waals surface area (Å²) in [4.78, 5) is 32.5. The van der Waals surface area contributed by atoms with Crippen LogP contribution in [0.5, 0.6) is 23.1 Å². The summed E-state index contributed by atoms with van der Waals surface area (Å²) in [5, 5.41) is 10.6. The van der Waals surface area contributed by atoms with Crippen LogP contribution in [0.15, 0.2) is 48.8 Å². The van der Waals surface area contributed by atoms with Crippen LogP contribution in [0.1, 0.15) is 40.4 Å². The summed E-state index contributed by atoms with van der Waals surface area (Å²) in [5.74, 6) is -4.25. The number of aromatic nitrogens is 2. The number of benzene rings is 2. The minimum absolute atomic E-state index is 0.00374. The average molecular weight is 517 g/mol. The number of nitrogens with zero attached hydrogens (tertiary/aromatic N) is 3. The Morgan fingerprint density at radius 1 is 1.16 bits per heavy atom. The zero-order valence-corrected chi connectivity index (χ0v) is 19.9. The van der Waals surface area contributed by atoms with E-state index in [9.17, 15) is 27.9 Å². The molecular weight excluding hydrogens is 495 g/mol. The smallest absolute Gasteiger partial charge is 0.396 e. The number of rotatable bonds is 6. The SMILES string of the molecule is COC(=O)c1cnc(Oc2ccc(C(C)C(c3ccc4c(c3)N(C)C(=O)CO4)C(F)(F)F)c(O)c2)cn1. The lowest BCUT2D eigenvalue weighted by atomic mass is 9.81. The topological polar surface area (TPSA) is 111 Å². The highest BCUT2D eigenvalue weighted by atomic mass is 19.4. The third-order valence-corrected chi connectivity index (χ3v) is 6.02. The minimum atomic E-state index is -4.66. The molecule has 3 aromatic rings. The van der Waals surface area contributed by atoms with Gasteiger partial charge in [0.25, 0.3) is 5.91 Å². The molecule has 1 aromatic heterocycles. The van der Waals surface area contributed by atoms with Gasteiger partial charge in [-0.2, -0.15) is 13.2 Å². The van der Waals surface area contributed by atoms with Crippen LogP contribution in [-0.4, -0.2) is 53.9 Å². The highest BCUT2D eigenvalue weighted by molar-refractivity contribution is 5.97. The number of hydrogen-bond donors (Lipinski definition) is 1. The van der Waals surface area contributed by atoms with E-state index in [1.807, 2.05) is 0 Å². The van der Waals surface area contributed by atoms with Gasteiger partial charge in [-0.25, -0.2) is 14.8 Å². The molecule has 1 aliphatic rings. The molecule has 2 unspecified atom stereocenters. The van der Waals surface area contributed by atoms with E-state index in [1.54, 1.807) is 0 Å². The lowest BCUT2D eigenvalue weighted by Crippen LogP contribution is -2.35. The average Bonchev–Trinajstić information content (AvgIpc) is 2.86. The number of hydrogen-bond acceptors (Lipinski definition) is 8. The van der Waals surface area contributed by atoms with Gasteiger partial charge in [-0.3, -0.25) is 4.79 Å². The van der Waals surface area contributed by atoms with Crippen LogP contribution >= 0.6 is 0 Å². The number of likely N-dealkylation sites (N-methyl/N-ethyl adjacent to an activating group) is 1. The lowest BCUT2D eigenvalue weighted by Gasteiger charge is -2.31. The first-order chi connectivity index (χ1) is 17.5. The second kappa shape index (κ2) is 9.96. The molecule has 4 rings (SSSR count). The molecule has 12 heteroatoms. The number of aromatic hydroxyl groups is 1. The van der Waals surface area contributed by atoms with E-state index in [0.29, 0.717) is 5.75 Å². The molecule has 194 valence electrons. The maximum absolute atomic E-state index is 14.3. The lowest BCUT2D eigenvalue weighted by molar-refractivity contribution is -0.154. The van der Waals surface area contributed by atoms with E-state index in [1.165, 1.54) is 68.6 Å². The summed E-state index contributed by atoms with van der Waals surface area (Å²) in [5.41, 5.74) is 0.164. The normalized spacial score (nSPS) is 14.9. The number of methoxy groups -OCH3 is 1. The van der Waals surface area contributed by atoms with Gasteiger partial charge < -0.3 is 24.2 Å². The number of ether oxygens (including phenoxy) is 3. The monoisotopic (exact) mass is 517 g/mol. The van der Waals surface area contributed by atoms with Crippen molar-refractivity contribution in [1.29, 1.82) is 0 Å². The van der Waals surface area contributed by atoms with Gasteiger partial charge in [0.15, 0.2) is 12.3 Å². The van der Waals surface area contributed by atoms with Crippen LogP contribution < -0.4 is 14.4 Å². The number of esters is 1. The molecule has 37 heavy (non-hydrogen) atoms. The van der Waals surface area contributed by atoms with E-state index >= 15 is 0 Å². The standard InChI is InChI=1S/C25H22F3N3O6/c1-13(23(25(26,27)28)14-4-7-20-18(8-14)31(2)22(33)12-36-20)16-6-5-15(9-19(16)32)37-21-11-29-17(10-30-21)24(34)35-3/h4-11,13,23,32H,12H2,1-3H3. The molecule has 2 atom stereocenters. The number of fused-ring (bicyclic) bond motifs is 1. The second-order valence-electron chi connectivity index (χ2n) is 8.33. The van der Waals surface area contributed by atoms with Gasteiger partial charge in [0.1, 0.15) is 17.2 Å². The van der Waals surface area contributed by atoms with Gasteiger partial charge in [0, 0.05) is 19.0 Å². The van der Waals surface area contributed by atoms with Crippen LogP contribution in [0, 0.1) is 0 Å². The number of anilines is 1. The molecule has 1 aliphatic heterocycles. The Kier molecular flexibility index (Phi) is 6.92. The van der Waals surface area contributed by atoms with Crippen molar-refractivity contribution in [3.63, 3.8) is 0 Å². The Bertz CT molecular complexity index is 1330. The third-order valence-electron chi connectivity index (χ3n) is 6.02. The molecule has 2 heterocycles. The van der Waals surface area contributed by atoms with Crippen LogP contribution in [0.25, 0.3) is 0 Å². The molecule has 9 nitrogen and oxygen atoms in total. The van der Waals surface area contributed by atoms with Crippen LogP contribution in [-0.2, 0) is 9.53 Å². The van der Waals surface area contributed by atoms with E-state index in [2.05, 4.69) is 14.7 Å². The Hall–Kier alpha value is -4.35. The fourth-order valence-corrected chi connectivity index (χ4v) is 4.10. The highest BCUT2D eigenvalue weighted by Gasteiger charge is 2.45. The van der Waals surface area contributed by atoms with E-state index in [0.717, 1.165) is 6.20 Å². The number of alkyl halides is 3. The van der Waals surface area contributed by atoms with Crippen LogP contribution in [0.3, 0.4) is 0 Å². The summed E-state index contributed by atoms with van der Waals surface area (Å²) < 4.78 is 58.2. The second-order valence-corrected chi connectivity index (χ2v) is 8.33. The first-order valence-corrected chi connectivity index (χ1v) is 11.0. The molecular formula is C25H22F3N3O6. The Morgan fingerprint density at radius 2 is 1.92 bits per heavy atom. The van der Waals surface area contributed by atoms with E-state index in [4.69, 9.17) is 9.47 Å². The molecule has 1 amide bonds. The van der Waals surface area contributed by atoms with Gasteiger partial charge in [-0.15, -0.1) is 0 Å². The van der Waals surface area contributed by atoms with Crippen molar-refractivity contribution in [3.8, 4) is 23.1 Å². The molecule has 0 spiro atoms. The summed E-state index contributed by atoms with van der Waals surface area (Å²) >= 11 is 0. The fourth-order valence-electron chi connectivity index (χ4n) is 4.10. The number of carbonyl (C=O) groups excluding carboxylic acids is 2. The summed E-state index contributed by atoms with van der Waals surface area (Å²) in [6, 6.07) is 7.89.